The van der Waals surface area contributed by atoms with Gasteiger partial charge in [-0.1, -0.05) is 6.92 Å². The monoisotopic (exact) mass is 268 g/mol. The minimum absolute atomic E-state index is 0.103. The maximum absolute atomic E-state index is 12.0. The molecule has 0 aliphatic carbocycles. The molecule has 0 aliphatic rings. The fraction of sp³-hybridized carbons (Fsp3) is 0.417. The molecule has 0 fully saturated rings. The van der Waals surface area contributed by atoms with Crippen LogP contribution in [0.3, 0.4) is 0 Å². The van der Waals surface area contributed by atoms with Crippen LogP contribution in [0.5, 0.6) is 0 Å². The van der Waals surface area contributed by atoms with Crippen LogP contribution < -0.4 is 4.72 Å². The van der Waals surface area contributed by atoms with Gasteiger partial charge >= 0.3 is 0 Å². The second-order valence-corrected chi connectivity index (χ2v) is 5.71. The lowest BCUT2D eigenvalue weighted by Gasteiger charge is -2.14. The Bertz CT molecular complexity index is 557. The SMILES string of the molecule is CC[C@H](CO)NS(=O)(=O)c1ccc(C#N)c(C)c1. The highest BCUT2D eigenvalue weighted by molar-refractivity contribution is 7.89. The average Bonchev–Trinajstić information content (AvgIpc) is 2.35. The highest BCUT2D eigenvalue weighted by Gasteiger charge is 2.19. The number of nitriles is 1. The molecule has 5 nitrogen and oxygen atoms in total. The van der Waals surface area contributed by atoms with Crippen molar-refractivity contribution in [1.29, 1.82) is 5.26 Å². The van der Waals surface area contributed by atoms with Gasteiger partial charge in [0.05, 0.1) is 23.1 Å². The first-order chi connectivity index (χ1) is 8.44. The maximum Gasteiger partial charge on any atom is 0.240 e. The highest BCUT2D eigenvalue weighted by atomic mass is 32.2. The molecule has 0 aliphatic heterocycles. The molecule has 0 saturated carbocycles. The number of hydrogen-bond donors (Lipinski definition) is 2. The van der Waals surface area contributed by atoms with Crippen molar-refractivity contribution in [2.24, 2.45) is 0 Å². The predicted molar refractivity (Wildman–Crippen MR) is 67.4 cm³/mol. The average molecular weight is 268 g/mol. The van der Waals surface area contributed by atoms with Crippen LogP contribution in [0.15, 0.2) is 23.1 Å². The summed E-state index contributed by atoms with van der Waals surface area (Å²) in [5, 5.41) is 17.8. The van der Waals surface area contributed by atoms with Crippen LogP contribution >= 0.6 is 0 Å². The van der Waals surface area contributed by atoms with Crippen LogP contribution in [0, 0.1) is 18.3 Å². The number of hydrogen-bond acceptors (Lipinski definition) is 4. The van der Waals surface area contributed by atoms with Gasteiger partial charge in [0.1, 0.15) is 0 Å². The summed E-state index contributed by atoms with van der Waals surface area (Å²) in [7, 11) is -3.65. The fourth-order valence-corrected chi connectivity index (χ4v) is 2.86. The second-order valence-electron chi connectivity index (χ2n) is 4.00. The molecular weight excluding hydrogens is 252 g/mol. The molecule has 2 N–H and O–H groups in total. The molecule has 0 unspecified atom stereocenters. The van der Waals surface area contributed by atoms with Crippen molar-refractivity contribution < 1.29 is 13.5 Å². The molecule has 1 aromatic rings. The molecule has 0 radical (unpaired) electrons. The van der Waals surface area contributed by atoms with E-state index in [1.54, 1.807) is 13.8 Å². The molecule has 1 aromatic carbocycles. The second kappa shape index (κ2) is 5.96. The van der Waals surface area contributed by atoms with Crippen LogP contribution in [0.2, 0.25) is 0 Å². The molecule has 6 heteroatoms. The van der Waals surface area contributed by atoms with Crippen LogP contribution in [-0.2, 0) is 10.0 Å². The lowest BCUT2D eigenvalue weighted by atomic mass is 10.1. The van der Waals surface area contributed by atoms with Crippen molar-refractivity contribution >= 4 is 10.0 Å². The molecule has 0 spiro atoms. The molecule has 1 atom stereocenters. The number of nitrogens with zero attached hydrogens (tertiary/aromatic N) is 1. The van der Waals surface area contributed by atoms with E-state index in [4.69, 9.17) is 10.4 Å². The van der Waals surface area contributed by atoms with Gasteiger partial charge in [-0.15, -0.1) is 0 Å². The van der Waals surface area contributed by atoms with Crippen LogP contribution in [-0.4, -0.2) is 26.2 Å². The normalized spacial score (nSPS) is 13.0. The van der Waals surface area contributed by atoms with Gasteiger partial charge in [0.2, 0.25) is 10.0 Å². The fourth-order valence-electron chi connectivity index (χ4n) is 1.47. The maximum atomic E-state index is 12.0. The zero-order valence-electron chi connectivity index (χ0n) is 10.3. The van der Waals surface area contributed by atoms with E-state index in [0.717, 1.165) is 0 Å². The summed E-state index contributed by atoms with van der Waals surface area (Å²) < 4.78 is 26.4. The van der Waals surface area contributed by atoms with Gasteiger partial charge in [0.15, 0.2) is 0 Å². The summed E-state index contributed by atoms with van der Waals surface area (Å²) in [5.41, 5.74) is 1.06. The summed E-state index contributed by atoms with van der Waals surface area (Å²) in [4.78, 5) is 0.103. The van der Waals surface area contributed by atoms with E-state index in [0.29, 0.717) is 17.5 Å². The Hall–Kier alpha value is -1.42. The molecule has 0 amide bonds. The van der Waals surface area contributed by atoms with Gasteiger partial charge in [-0.3, -0.25) is 0 Å². The number of aryl methyl sites for hydroxylation is 1. The Balaban J connectivity index is 3.06. The smallest absolute Gasteiger partial charge is 0.240 e. The third-order valence-electron chi connectivity index (χ3n) is 2.66. The summed E-state index contributed by atoms with van der Waals surface area (Å²) >= 11 is 0. The number of benzene rings is 1. The Morgan fingerprint density at radius 1 is 1.50 bits per heavy atom. The zero-order chi connectivity index (χ0) is 13.8. The third-order valence-corrected chi connectivity index (χ3v) is 4.18. The minimum Gasteiger partial charge on any atom is -0.395 e. The molecule has 0 heterocycles. The molecule has 0 saturated heterocycles. The number of aliphatic hydroxyl groups is 1. The highest BCUT2D eigenvalue weighted by Crippen LogP contribution is 2.15. The Kier molecular flexibility index (Phi) is 4.84. The quantitative estimate of drug-likeness (QED) is 0.830. The van der Waals surface area contributed by atoms with Crippen molar-refractivity contribution in [3.63, 3.8) is 0 Å². The Morgan fingerprint density at radius 3 is 2.61 bits per heavy atom. The van der Waals surface area contributed by atoms with Crippen molar-refractivity contribution in [2.75, 3.05) is 6.61 Å². The van der Waals surface area contributed by atoms with E-state index in [1.165, 1.54) is 18.2 Å². The summed E-state index contributed by atoms with van der Waals surface area (Å²) in [5.74, 6) is 0. The predicted octanol–water partition coefficient (Wildman–Crippen LogP) is 0.916. The van der Waals surface area contributed by atoms with Gasteiger partial charge in [0, 0.05) is 6.04 Å². The first-order valence-corrected chi connectivity index (χ1v) is 7.06. The number of rotatable bonds is 5. The van der Waals surface area contributed by atoms with E-state index in [-0.39, 0.29) is 11.5 Å². The lowest BCUT2D eigenvalue weighted by molar-refractivity contribution is 0.254. The number of sulfonamides is 1. The summed E-state index contributed by atoms with van der Waals surface area (Å²) in [6.45, 7) is 3.22. The number of aliphatic hydroxyl groups excluding tert-OH is 1. The molecule has 98 valence electrons. The molecular formula is C12H16N2O3S. The summed E-state index contributed by atoms with van der Waals surface area (Å²) in [6.07, 6.45) is 0.505. The van der Waals surface area contributed by atoms with Crippen LogP contribution in [0.25, 0.3) is 0 Å². The lowest BCUT2D eigenvalue weighted by Crippen LogP contribution is -2.36. The van der Waals surface area contributed by atoms with Crippen LogP contribution in [0.4, 0.5) is 0 Å². The Labute approximate surface area is 107 Å². The van der Waals surface area contributed by atoms with E-state index in [1.807, 2.05) is 6.07 Å². The largest absolute Gasteiger partial charge is 0.395 e. The summed E-state index contributed by atoms with van der Waals surface area (Å²) in [6, 6.07) is 5.80. The first-order valence-electron chi connectivity index (χ1n) is 5.58. The van der Waals surface area contributed by atoms with E-state index in [2.05, 4.69) is 4.72 Å². The van der Waals surface area contributed by atoms with E-state index in [9.17, 15) is 8.42 Å². The first kappa shape index (κ1) is 14.6. The molecule has 1 rings (SSSR count). The van der Waals surface area contributed by atoms with Gasteiger partial charge < -0.3 is 5.11 Å². The van der Waals surface area contributed by atoms with Gasteiger partial charge in [-0.05, 0) is 37.1 Å². The van der Waals surface area contributed by atoms with E-state index >= 15 is 0 Å². The standard InChI is InChI=1S/C12H16N2O3S/c1-3-11(8-15)14-18(16,17)12-5-4-10(7-13)9(2)6-12/h4-6,11,14-15H,3,8H2,1-2H3/t11-/m1/s1. The van der Waals surface area contributed by atoms with Gasteiger partial charge in [-0.25, -0.2) is 13.1 Å². The van der Waals surface area contributed by atoms with Crippen molar-refractivity contribution in [3.8, 4) is 6.07 Å². The molecule has 0 aromatic heterocycles. The van der Waals surface area contributed by atoms with Crippen LogP contribution in [0.1, 0.15) is 24.5 Å². The van der Waals surface area contributed by atoms with Crippen molar-refractivity contribution in [2.45, 2.75) is 31.2 Å². The number of nitrogens with one attached hydrogen (secondary N) is 1. The van der Waals surface area contributed by atoms with E-state index < -0.39 is 16.1 Å². The van der Waals surface area contributed by atoms with Crippen molar-refractivity contribution in [1.82, 2.24) is 4.72 Å². The minimum atomic E-state index is -3.65. The van der Waals surface area contributed by atoms with Gasteiger partial charge in [-0.2, -0.15) is 5.26 Å². The zero-order valence-corrected chi connectivity index (χ0v) is 11.2. The molecule has 0 bridgehead atoms. The molecule has 18 heavy (non-hydrogen) atoms. The van der Waals surface area contributed by atoms with Gasteiger partial charge in [0.25, 0.3) is 0 Å². The topological polar surface area (TPSA) is 90.2 Å². The van der Waals surface area contributed by atoms with Crippen molar-refractivity contribution in [3.05, 3.63) is 29.3 Å². The third kappa shape index (κ3) is 3.29. The Morgan fingerprint density at radius 2 is 2.17 bits per heavy atom.